The normalized spacial score (nSPS) is 11.0. The quantitative estimate of drug-likeness (QED) is 0.564. The van der Waals surface area contributed by atoms with Gasteiger partial charge in [-0.15, -0.1) is 0 Å². The van der Waals surface area contributed by atoms with E-state index in [9.17, 15) is 9.59 Å². The molecule has 0 unspecified atom stereocenters. The van der Waals surface area contributed by atoms with E-state index in [4.69, 9.17) is 11.6 Å². The van der Waals surface area contributed by atoms with E-state index in [1.165, 1.54) is 11.7 Å². The van der Waals surface area contributed by atoms with Crippen molar-refractivity contribution in [2.24, 2.45) is 0 Å². The van der Waals surface area contributed by atoms with E-state index in [1.54, 1.807) is 28.9 Å². The Morgan fingerprint density at radius 3 is 2.38 bits per heavy atom. The maximum Gasteiger partial charge on any atom is 0.274 e. The van der Waals surface area contributed by atoms with Crippen LogP contribution in [0.1, 0.15) is 21.7 Å². The summed E-state index contributed by atoms with van der Waals surface area (Å²) in [5, 5.41) is 12.7. The molecular weight excluding hydrogens is 390 g/mol. The zero-order chi connectivity index (χ0) is 20.5. The van der Waals surface area contributed by atoms with Crippen LogP contribution in [-0.2, 0) is 6.54 Å². The van der Waals surface area contributed by atoms with Gasteiger partial charge < -0.3 is 5.32 Å². The lowest BCUT2D eigenvalue weighted by molar-refractivity contribution is 0.0957. The van der Waals surface area contributed by atoms with E-state index < -0.39 is 0 Å². The van der Waals surface area contributed by atoms with Gasteiger partial charge in [0.15, 0.2) is 5.69 Å². The van der Waals surface area contributed by atoms with Crippen molar-refractivity contribution in [3.05, 3.63) is 87.1 Å². The fraction of sp³-hybridized carbons (Fsp3) is 0.143. The maximum absolute atomic E-state index is 13.0. The topological polar surface area (TPSA) is 81.8 Å². The molecule has 1 amide bonds. The number of hydrogen-bond acceptors (Lipinski definition) is 4. The van der Waals surface area contributed by atoms with E-state index >= 15 is 0 Å². The van der Waals surface area contributed by atoms with Crippen LogP contribution in [0.2, 0.25) is 5.15 Å². The highest BCUT2D eigenvalue weighted by atomic mass is 35.5. The summed E-state index contributed by atoms with van der Waals surface area (Å²) in [4.78, 5) is 25.3. The Bertz CT molecular complexity index is 1280. The summed E-state index contributed by atoms with van der Waals surface area (Å²) in [5.74, 6) is -0.363. The first-order valence-corrected chi connectivity index (χ1v) is 9.40. The number of amides is 1. The summed E-state index contributed by atoms with van der Waals surface area (Å²) in [6, 6.07) is 16.4. The lowest BCUT2D eigenvalue weighted by Crippen LogP contribution is -2.29. The fourth-order valence-electron chi connectivity index (χ4n) is 3.23. The molecule has 4 aromatic rings. The number of aryl methyl sites for hydroxylation is 1. The van der Waals surface area contributed by atoms with Gasteiger partial charge in [-0.1, -0.05) is 48.0 Å². The first-order chi connectivity index (χ1) is 14.0. The number of aromatic nitrogens is 4. The molecule has 29 heavy (non-hydrogen) atoms. The zero-order valence-electron chi connectivity index (χ0n) is 15.9. The minimum Gasteiger partial charge on any atom is -0.354 e. The van der Waals surface area contributed by atoms with E-state index in [1.807, 2.05) is 37.3 Å². The Morgan fingerprint density at radius 1 is 1.03 bits per heavy atom. The molecular formula is C21H18ClN5O2. The second-order valence-electron chi connectivity index (χ2n) is 6.54. The molecule has 0 spiro atoms. The third kappa shape index (κ3) is 3.30. The average Bonchev–Trinajstić information content (AvgIpc) is 3.04. The number of fused-ring (bicyclic) bond motifs is 1. The Kier molecular flexibility index (Phi) is 4.90. The van der Waals surface area contributed by atoms with Crippen molar-refractivity contribution in [2.75, 3.05) is 7.05 Å². The van der Waals surface area contributed by atoms with Gasteiger partial charge in [0, 0.05) is 18.0 Å². The predicted octanol–water partition coefficient (Wildman–Crippen LogP) is 2.95. The number of carbonyl (C=O) groups is 1. The summed E-state index contributed by atoms with van der Waals surface area (Å²) in [6.07, 6.45) is 0. The second-order valence-corrected chi connectivity index (χ2v) is 6.90. The number of halogens is 1. The van der Waals surface area contributed by atoms with Crippen LogP contribution in [0.25, 0.3) is 16.5 Å². The molecule has 0 atom stereocenters. The summed E-state index contributed by atoms with van der Waals surface area (Å²) in [5.41, 5.74) is 2.06. The van der Waals surface area contributed by atoms with Crippen molar-refractivity contribution >= 4 is 28.3 Å². The second kappa shape index (κ2) is 7.52. The van der Waals surface area contributed by atoms with Crippen LogP contribution in [0.3, 0.4) is 0 Å². The third-order valence-electron chi connectivity index (χ3n) is 4.74. The van der Waals surface area contributed by atoms with Crippen LogP contribution in [0, 0.1) is 6.92 Å². The van der Waals surface area contributed by atoms with Crippen molar-refractivity contribution in [2.45, 2.75) is 13.5 Å². The first kappa shape index (κ1) is 18.9. The Hall–Kier alpha value is -3.45. The lowest BCUT2D eigenvalue weighted by Gasteiger charge is -2.10. The van der Waals surface area contributed by atoms with Gasteiger partial charge in [-0.3, -0.25) is 9.59 Å². The van der Waals surface area contributed by atoms with Crippen LogP contribution >= 0.6 is 11.6 Å². The summed E-state index contributed by atoms with van der Waals surface area (Å²) in [7, 11) is 1.53. The number of rotatable bonds is 4. The van der Waals surface area contributed by atoms with E-state index in [0.717, 1.165) is 5.69 Å². The molecule has 8 heteroatoms. The number of benzene rings is 2. The molecule has 0 aliphatic rings. The first-order valence-electron chi connectivity index (χ1n) is 9.02. The molecule has 146 valence electrons. The van der Waals surface area contributed by atoms with Crippen LogP contribution < -0.4 is 10.9 Å². The van der Waals surface area contributed by atoms with Crippen molar-refractivity contribution in [3.63, 3.8) is 0 Å². The highest BCUT2D eigenvalue weighted by molar-refractivity contribution is 6.30. The molecule has 0 saturated carbocycles. The molecule has 0 fully saturated rings. The van der Waals surface area contributed by atoms with E-state index in [2.05, 4.69) is 15.5 Å². The van der Waals surface area contributed by atoms with Crippen LogP contribution in [0.15, 0.2) is 59.4 Å². The molecule has 4 rings (SSSR count). The third-order valence-corrected chi connectivity index (χ3v) is 5.13. The van der Waals surface area contributed by atoms with Gasteiger partial charge in [-0.05, 0) is 25.1 Å². The van der Waals surface area contributed by atoms with Gasteiger partial charge >= 0.3 is 0 Å². The minimum atomic E-state index is -0.363. The smallest absolute Gasteiger partial charge is 0.274 e. The van der Waals surface area contributed by atoms with Gasteiger partial charge in [0.05, 0.1) is 23.3 Å². The molecule has 0 aliphatic carbocycles. The number of nitrogens with one attached hydrogen (secondary N) is 1. The Morgan fingerprint density at radius 2 is 1.69 bits per heavy atom. The Labute approximate surface area is 171 Å². The van der Waals surface area contributed by atoms with Gasteiger partial charge in [0.25, 0.3) is 11.5 Å². The fourth-order valence-corrected chi connectivity index (χ4v) is 3.56. The van der Waals surface area contributed by atoms with Gasteiger partial charge in [0.2, 0.25) is 0 Å². The van der Waals surface area contributed by atoms with Crippen molar-refractivity contribution < 1.29 is 4.79 Å². The molecule has 0 aliphatic heterocycles. The molecule has 1 N–H and O–H groups in total. The van der Waals surface area contributed by atoms with Crippen LogP contribution in [0.5, 0.6) is 0 Å². The Balaban J connectivity index is 1.86. The number of nitrogens with zero attached hydrogens (tertiary/aromatic N) is 4. The SMILES string of the molecule is CNC(=O)c1nn(Cc2c(C)nn(-c3ccccc3)c2Cl)c(=O)c2ccccc12. The minimum absolute atomic E-state index is 0.102. The van der Waals surface area contributed by atoms with Crippen LogP contribution in [-0.4, -0.2) is 32.5 Å². The zero-order valence-corrected chi connectivity index (χ0v) is 16.6. The summed E-state index contributed by atoms with van der Waals surface area (Å²) < 4.78 is 2.89. The number of para-hydroxylation sites is 1. The maximum atomic E-state index is 13.0. The standard InChI is InChI=1S/C21H18ClN5O2/c1-13-17(19(22)27(24-13)14-8-4-3-5-9-14)12-26-21(29)16-11-7-6-10-15(16)18(25-26)20(28)23-2/h3-11H,12H2,1-2H3,(H,23,28). The van der Waals surface area contributed by atoms with Crippen molar-refractivity contribution in [1.29, 1.82) is 0 Å². The number of carbonyl (C=O) groups excluding carboxylic acids is 1. The van der Waals surface area contributed by atoms with Crippen LogP contribution in [0.4, 0.5) is 0 Å². The highest BCUT2D eigenvalue weighted by Crippen LogP contribution is 2.24. The molecule has 2 heterocycles. The van der Waals surface area contributed by atoms with Gasteiger partial charge in [-0.2, -0.15) is 10.2 Å². The summed E-state index contributed by atoms with van der Waals surface area (Å²) >= 11 is 6.59. The van der Waals surface area contributed by atoms with Gasteiger partial charge in [-0.25, -0.2) is 9.36 Å². The predicted molar refractivity (Wildman–Crippen MR) is 112 cm³/mol. The largest absolute Gasteiger partial charge is 0.354 e. The van der Waals surface area contributed by atoms with Gasteiger partial charge in [0.1, 0.15) is 5.15 Å². The van der Waals surface area contributed by atoms with E-state index in [-0.39, 0.29) is 23.7 Å². The highest BCUT2D eigenvalue weighted by Gasteiger charge is 2.19. The molecule has 2 aromatic carbocycles. The monoisotopic (exact) mass is 407 g/mol. The lowest BCUT2D eigenvalue weighted by atomic mass is 10.1. The molecule has 0 radical (unpaired) electrons. The van der Waals surface area contributed by atoms with Crippen molar-refractivity contribution in [3.8, 4) is 5.69 Å². The molecule has 2 aromatic heterocycles. The number of hydrogen-bond donors (Lipinski definition) is 1. The van der Waals surface area contributed by atoms with Crippen molar-refractivity contribution in [1.82, 2.24) is 24.9 Å². The van der Waals surface area contributed by atoms with E-state index in [0.29, 0.717) is 27.2 Å². The molecule has 0 saturated heterocycles. The average molecular weight is 408 g/mol. The molecule has 0 bridgehead atoms. The summed E-state index contributed by atoms with van der Waals surface area (Å²) in [6.45, 7) is 1.93. The molecule has 7 nitrogen and oxygen atoms in total.